The van der Waals surface area contributed by atoms with Crippen LogP contribution >= 0.6 is 0 Å². The molecule has 1 aromatic rings. The molecule has 20 heavy (non-hydrogen) atoms. The number of anilines is 1. The number of aromatic nitrogens is 1. The van der Waals surface area contributed by atoms with Crippen molar-refractivity contribution in [2.45, 2.75) is 38.0 Å². The van der Waals surface area contributed by atoms with Gasteiger partial charge in [0.05, 0.1) is 31.0 Å². The molecule has 1 saturated heterocycles. The van der Waals surface area contributed by atoms with Crippen molar-refractivity contribution in [3.05, 3.63) is 18.0 Å². The van der Waals surface area contributed by atoms with Crippen molar-refractivity contribution in [3.63, 3.8) is 0 Å². The third-order valence-corrected chi connectivity index (χ3v) is 4.00. The Kier molecular flexibility index (Phi) is 3.43. The lowest BCUT2D eigenvalue weighted by Crippen LogP contribution is -2.52. The van der Waals surface area contributed by atoms with Gasteiger partial charge in [0.1, 0.15) is 5.69 Å². The van der Waals surface area contributed by atoms with E-state index in [-0.39, 0.29) is 24.7 Å². The van der Waals surface area contributed by atoms with E-state index in [0.717, 1.165) is 12.8 Å². The van der Waals surface area contributed by atoms with Crippen LogP contribution in [0.1, 0.15) is 36.3 Å². The van der Waals surface area contributed by atoms with Gasteiger partial charge in [-0.25, -0.2) is 0 Å². The standard InChI is InChI=1S/C14H21N3O3/c1-9-8-20-12(7-18)6-16(9)14(19)13-4-10(15)5-17(13)11-2-3-11/h4-5,9,11-12,18H,2-3,6-8,15H2,1H3. The van der Waals surface area contributed by atoms with Gasteiger partial charge in [0.15, 0.2) is 0 Å². The summed E-state index contributed by atoms with van der Waals surface area (Å²) in [7, 11) is 0. The smallest absolute Gasteiger partial charge is 0.270 e. The highest BCUT2D eigenvalue weighted by Crippen LogP contribution is 2.37. The van der Waals surface area contributed by atoms with Crippen LogP contribution in [-0.2, 0) is 4.74 Å². The van der Waals surface area contributed by atoms with Gasteiger partial charge in [-0.1, -0.05) is 0 Å². The van der Waals surface area contributed by atoms with Crippen LogP contribution in [0, 0.1) is 0 Å². The molecule has 2 atom stereocenters. The highest BCUT2D eigenvalue weighted by molar-refractivity contribution is 5.94. The molecule has 6 nitrogen and oxygen atoms in total. The average molecular weight is 279 g/mol. The van der Waals surface area contributed by atoms with E-state index in [1.54, 1.807) is 11.0 Å². The lowest BCUT2D eigenvalue weighted by Gasteiger charge is -2.37. The number of amides is 1. The molecule has 110 valence electrons. The summed E-state index contributed by atoms with van der Waals surface area (Å²) in [6.45, 7) is 2.77. The fourth-order valence-electron chi connectivity index (χ4n) is 2.68. The quantitative estimate of drug-likeness (QED) is 0.850. The first kappa shape index (κ1) is 13.5. The summed E-state index contributed by atoms with van der Waals surface area (Å²) < 4.78 is 7.47. The number of aliphatic hydroxyl groups excluding tert-OH is 1. The van der Waals surface area contributed by atoms with Gasteiger partial charge in [0.25, 0.3) is 5.91 Å². The number of nitrogens with zero attached hydrogens (tertiary/aromatic N) is 2. The number of carbonyl (C=O) groups is 1. The zero-order valence-electron chi connectivity index (χ0n) is 11.7. The number of nitrogens with two attached hydrogens (primary N) is 1. The molecule has 1 aliphatic heterocycles. The number of aliphatic hydroxyl groups is 1. The Balaban J connectivity index is 1.83. The van der Waals surface area contributed by atoms with Crippen LogP contribution in [0.3, 0.4) is 0 Å². The average Bonchev–Trinajstić information content (AvgIpc) is 3.21. The molecule has 1 saturated carbocycles. The van der Waals surface area contributed by atoms with Crippen molar-refractivity contribution < 1.29 is 14.6 Å². The van der Waals surface area contributed by atoms with Gasteiger partial charge in [-0.15, -0.1) is 0 Å². The van der Waals surface area contributed by atoms with E-state index < -0.39 is 0 Å². The highest BCUT2D eigenvalue weighted by atomic mass is 16.5. The lowest BCUT2D eigenvalue weighted by molar-refractivity contribution is -0.0669. The minimum absolute atomic E-state index is 0.00841. The number of rotatable bonds is 3. The van der Waals surface area contributed by atoms with Crippen molar-refractivity contribution in [2.24, 2.45) is 0 Å². The zero-order valence-corrected chi connectivity index (χ0v) is 11.7. The number of hydrogen-bond donors (Lipinski definition) is 2. The van der Waals surface area contributed by atoms with Gasteiger partial charge in [0.2, 0.25) is 0 Å². The number of carbonyl (C=O) groups excluding carboxylic acids is 1. The fourth-order valence-corrected chi connectivity index (χ4v) is 2.68. The van der Waals surface area contributed by atoms with E-state index in [0.29, 0.717) is 30.6 Å². The van der Waals surface area contributed by atoms with Crippen LogP contribution in [0.2, 0.25) is 0 Å². The highest BCUT2D eigenvalue weighted by Gasteiger charge is 2.34. The van der Waals surface area contributed by atoms with Crippen molar-refractivity contribution in [3.8, 4) is 0 Å². The van der Waals surface area contributed by atoms with Gasteiger partial charge >= 0.3 is 0 Å². The fraction of sp³-hybridized carbons (Fsp3) is 0.643. The van der Waals surface area contributed by atoms with Crippen LogP contribution in [0.4, 0.5) is 5.69 Å². The zero-order chi connectivity index (χ0) is 14.3. The van der Waals surface area contributed by atoms with Crippen LogP contribution < -0.4 is 5.73 Å². The van der Waals surface area contributed by atoms with E-state index in [1.165, 1.54) is 0 Å². The summed E-state index contributed by atoms with van der Waals surface area (Å²) in [5.74, 6) is -0.0251. The molecule has 2 aliphatic rings. The second-order valence-electron chi connectivity index (χ2n) is 5.74. The molecule has 2 heterocycles. The second-order valence-corrected chi connectivity index (χ2v) is 5.74. The third-order valence-electron chi connectivity index (χ3n) is 4.00. The van der Waals surface area contributed by atoms with Crippen molar-refractivity contribution in [1.29, 1.82) is 0 Å². The Morgan fingerprint density at radius 3 is 2.95 bits per heavy atom. The van der Waals surface area contributed by atoms with Gasteiger partial charge in [-0.2, -0.15) is 0 Å². The first-order valence-corrected chi connectivity index (χ1v) is 7.11. The predicted molar refractivity (Wildman–Crippen MR) is 74.4 cm³/mol. The summed E-state index contributed by atoms with van der Waals surface area (Å²) in [5.41, 5.74) is 7.12. The van der Waals surface area contributed by atoms with Gasteiger partial charge in [-0.05, 0) is 25.8 Å². The van der Waals surface area contributed by atoms with Crippen molar-refractivity contribution in [2.75, 3.05) is 25.5 Å². The van der Waals surface area contributed by atoms with Gasteiger partial charge < -0.3 is 25.0 Å². The molecule has 6 heteroatoms. The normalized spacial score (nSPS) is 26.8. The van der Waals surface area contributed by atoms with Crippen LogP contribution in [-0.4, -0.2) is 52.4 Å². The number of nitrogen functional groups attached to an aromatic ring is 1. The molecule has 2 unspecified atom stereocenters. The second kappa shape index (κ2) is 5.10. The van der Waals surface area contributed by atoms with E-state index in [1.807, 2.05) is 17.7 Å². The topological polar surface area (TPSA) is 80.7 Å². The summed E-state index contributed by atoms with van der Waals surface area (Å²) in [5, 5.41) is 9.22. The SMILES string of the molecule is CC1COC(CO)CN1C(=O)c1cc(N)cn1C1CC1. The van der Waals surface area contributed by atoms with E-state index in [2.05, 4.69) is 0 Å². The molecule has 0 spiro atoms. The molecule has 1 amide bonds. The van der Waals surface area contributed by atoms with Crippen molar-refractivity contribution in [1.82, 2.24) is 9.47 Å². The molecule has 1 aliphatic carbocycles. The number of ether oxygens (including phenoxy) is 1. The van der Waals surface area contributed by atoms with Gasteiger partial charge in [-0.3, -0.25) is 4.79 Å². The number of hydrogen-bond acceptors (Lipinski definition) is 4. The molecule has 2 fully saturated rings. The lowest BCUT2D eigenvalue weighted by atomic mass is 10.2. The Labute approximate surface area is 118 Å². The first-order chi connectivity index (χ1) is 9.60. The van der Waals surface area contributed by atoms with Crippen LogP contribution in [0.5, 0.6) is 0 Å². The van der Waals surface area contributed by atoms with Crippen LogP contribution in [0.25, 0.3) is 0 Å². The summed E-state index contributed by atoms with van der Waals surface area (Å²) in [6.07, 6.45) is 3.76. The van der Waals surface area contributed by atoms with Crippen LogP contribution in [0.15, 0.2) is 12.3 Å². The monoisotopic (exact) mass is 279 g/mol. The Morgan fingerprint density at radius 2 is 2.30 bits per heavy atom. The molecule has 0 bridgehead atoms. The maximum Gasteiger partial charge on any atom is 0.270 e. The predicted octanol–water partition coefficient (Wildman–Crippen LogP) is 0.627. The Hall–Kier alpha value is -1.53. The van der Waals surface area contributed by atoms with E-state index in [4.69, 9.17) is 10.5 Å². The van der Waals surface area contributed by atoms with E-state index >= 15 is 0 Å². The summed E-state index contributed by atoms with van der Waals surface area (Å²) in [6, 6.07) is 2.17. The molecule has 3 rings (SSSR count). The van der Waals surface area contributed by atoms with Gasteiger partial charge in [0, 0.05) is 18.8 Å². The minimum atomic E-state index is -0.295. The molecule has 3 N–H and O–H groups in total. The minimum Gasteiger partial charge on any atom is -0.397 e. The van der Waals surface area contributed by atoms with E-state index in [9.17, 15) is 9.90 Å². The Bertz CT molecular complexity index is 510. The summed E-state index contributed by atoms with van der Waals surface area (Å²) >= 11 is 0. The molecule has 0 aromatic carbocycles. The molecular weight excluding hydrogens is 258 g/mol. The third kappa shape index (κ3) is 2.41. The molecular formula is C14H21N3O3. The molecule has 1 aromatic heterocycles. The van der Waals surface area contributed by atoms with Crippen molar-refractivity contribution >= 4 is 11.6 Å². The Morgan fingerprint density at radius 1 is 1.55 bits per heavy atom. The maximum atomic E-state index is 12.8. The first-order valence-electron chi connectivity index (χ1n) is 7.11. The largest absolute Gasteiger partial charge is 0.397 e. The summed E-state index contributed by atoms with van der Waals surface area (Å²) in [4.78, 5) is 14.5. The number of morpholine rings is 1. The maximum absolute atomic E-state index is 12.8. The molecule has 0 radical (unpaired) electrons.